The molecule has 1 fully saturated rings. The average molecular weight is 287 g/mol. The van der Waals surface area contributed by atoms with Crippen LogP contribution in [0.5, 0.6) is 0 Å². The first kappa shape index (κ1) is 13.6. The van der Waals surface area contributed by atoms with Gasteiger partial charge in [0.25, 0.3) is 0 Å². The molecule has 2 heterocycles. The van der Waals surface area contributed by atoms with Gasteiger partial charge >= 0.3 is 0 Å². The SMILES string of the molecule is CC(c1cccs1)N(C)c1cnccc1CNC1CC1. The highest BCUT2D eigenvalue weighted by Gasteiger charge is 2.21. The van der Waals surface area contributed by atoms with Crippen molar-refractivity contribution in [3.05, 3.63) is 46.4 Å². The Bertz CT molecular complexity index is 549. The molecule has 1 aliphatic carbocycles. The number of rotatable bonds is 6. The lowest BCUT2D eigenvalue weighted by Crippen LogP contribution is -2.24. The molecule has 20 heavy (non-hydrogen) atoms. The Morgan fingerprint density at radius 2 is 2.30 bits per heavy atom. The minimum absolute atomic E-state index is 0.374. The van der Waals surface area contributed by atoms with Gasteiger partial charge < -0.3 is 10.2 Å². The fraction of sp³-hybridized carbons (Fsp3) is 0.438. The Kier molecular flexibility index (Phi) is 4.03. The van der Waals surface area contributed by atoms with Gasteiger partial charge in [0.1, 0.15) is 0 Å². The van der Waals surface area contributed by atoms with E-state index in [2.05, 4.69) is 52.8 Å². The van der Waals surface area contributed by atoms with Crippen molar-refractivity contribution in [1.29, 1.82) is 0 Å². The maximum absolute atomic E-state index is 4.31. The van der Waals surface area contributed by atoms with E-state index in [0.717, 1.165) is 12.6 Å². The molecule has 106 valence electrons. The summed E-state index contributed by atoms with van der Waals surface area (Å²) in [5, 5.41) is 5.73. The topological polar surface area (TPSA) is 28.2 Å². The molecule has 1 aliphatic rings. The number of pyridine rings is 1. The van der Waals surface area contributed by atoms with Gasteiger partial charge in [0.2, 0.25) is 0 Å². The van der Waals surface area contributed by atoms with Crippen LogP contribution in [0.3, 0.4) is 0 Å². The largest absolute Gasteiger partial charge is 0.366 e. The Morgan fingerprint density at radius 3 is 3.00 bits per heavy atom. The zero-order valence-corrected chi connectivity index (χ0v) is 12.9. The molecule has 2 aromatic rings. The molecule has 3 rings (SSSR count). The van der Waals surface area contributed by atoms with E-state index in [-0.39, 0.29) is 0 Å². The van der Waals surface area contributed by atoms with Gasteiger partial charge in [0.15, 0.2) is 0 Å². The quantitative estimate of drug-likeness (QED) is 0.880. The fourth-order valence-corrected chi connectivity index (χ4v) is 3.18. The lowest BCUT2D eigenvalue weighted by Gasteiger charge is -2.28. The first-order valence-corrected chi connectivity index (χ1v) is 8.06. The van der Waals surface area contributed by atoms with E-state index in [9.17, 15) is 0 Å². The van der Waals surface area contributed by atoms with Crippen LogP contribution in [0, 0.1) is 0 Å². The van der Waals surface area contributed by atoms with Crippen LogP contribution in [0.15, 0.2) is 36.0 Å². The van der Waals surface area contributed by atoms with Crippen molar-refractivity contribution < 1.29 is 0 Å². The van der Waals surface area contributed by atoms with E-state index < -0.39 is 0 Å². The Hall–Kier alpha value is -1.39. The van der Waals surface area contributed by atoms with Crippen LogP contribution in [-0.4, -0.2) is 18.1 Å². The number of thiophene rings is 1. The van der Waals surface area contributed by atoms with Gasteiger partial charge in [-0.25, -0.2) is 0 Å². The zero-order chi connectivity index (χ0) is 13.9. The van der Waals surface area contributed by atoms with E-state index in [1.54, 1.807) is 0 Å². The predicted octanol–water partition coefficient (Wildman–Crippen LogP) is 3.59. The molecule has 0 radical (unpaired) electrons. The summed E-state index contributed by atoms with van der Waals surface area (Å²) >= 11 is 1.81. The van der Waals surface area contributed by atoms with Gasteiger partial charge in [0.05, 0.1) is 17.9 Å². The number of nitrogens with one attached hydrogen (secondary N) is 1. The van der Waals surface area contributed by atoms with Gasteiger partial charge in [-0.3, -0.25) is 4.98 Å². The van der Waals surface area contributed by atoms with Crippen molar-refractivity contribution in [3.63, 3.8) is 0 Å². The van der Waals surface area contributed by atoms with E-state index in [0.29, 0.717) is 6.04 Å². The monoisotopic (exact) mass is 287 g/mol. The first-order valence-electron chi connectivity index (χ1n) is 7.18. The average Bonchev–Trinajstić information content (AvgIpc) is 3.15. The molecule has 4 heteroatoms. The number of hydrogen-bond donors (Lipinski definition) is 1. The minimum atomic E-state index is 0.374. The summed E-state index contributed by atoms with van der Waals surface area (Å²) in [6.45, 7) is 3.18. The number of nitrogens with zero attached hydrogens (tertiary/aromatic N) is 2. The normalized spacial score (nSPS) is 16.1. The van der Waals surface area contributed by atoms with Crippen LogP contribution in [0.25, 0.3) is 0 Å². The summed E-state index contributed by atoms with van der Waals surface area (Å²) < 4.78 is 0. The fourth-order valence-electron chi connectivity index (χ4n) is 2.35. The molecule has 0 bridgehead atoms. The maximum atomic E-state index is 4.31. The summed E-state index contributed by atoms with van der Waals surface area (Å²) in [6.07, 6.45) is 6.51. The van der Waals surface area contributed by atoms with Crippen molar-refractivity contribution in [2.45, 2.75) is 38.4 Å². The molecule has 0 aliphatic heterocycles. The molecule has 3 nitrogen and oxygen atoms in total. The number of anilines is 1. The summed E-state index contributed by atoms with van der Waals surface area (Å²) in [6, 6.07) is 7.55. The molecular formula is C16H21N3S. The van der Waals surface area contributed by atoms with Crippen molar-refractivity contribution in [1.82, 2.24) is 10.3 Å². The van der Waals surface area contributed by atoms with Crippen molar-refractivity contribution in [3.8, 4) is 0 Å². The van der Waals surface area contributed by atoms with Crippen LogP contribution in [0.4, 0.5) is 5.69 Å². The molecule has 1 saturated carbocycles. The third kappa shape index (κ3) is 3.02. The Morgan fingerprint density at radius 1 is 1.45 bits per heavy atom. The lowest BCUT2D eigenvalue weighted by molar-refractivity contribution is 0.677. The van der Waals surface area contributed by atoms with Gasteiger partial charge in [-0.05, 0) is 42.8 Å². The summed E-state index contributed by atoms with van der Waals surface area (Å²) in [7, 11) is 2.15. The Balaban J connectivity index is 1.77. The molecular weight excluding hydrogens is 266 g/mol. The van der Waals surface area contributed by atoms with Gasteiger partial charge in [-0.1, -0.05) is 6.07 Å². The second-order valence-corrected chi connectivity index (χ2v) is 6.44. The molecule has 0 spiro atoms. The highest BCUT2D eigenvalue weighted by molar-refractivity contribution is 7.10. The van der Waals surface area contributed by atoms with Gasteiger partial charge in [0, 0.05) is 30.7 Å². The Labute approximate surface area is 124 Å². The highest BCUT2D eigenvalue weighted by Crippen LogP contribution is 2.30. The van der Waals surface area contributed by atoms with Crippen LogP contribution < -0.4 is 10.2 Å². The second kappa shape index (κ2) is 5.94. The first-order chi connectivity index (χ1) is 9.75. The lowest BCUT2D eigenvalue weighted by atomic mass is 10.1. The van der Waals surface area contributed by atoms with E-state index in [1.165, 1.54) is 29.0 Å². The molecule has 2 aromatic heterocycles. The molecule has 1 N–H and O–H groups in total. The highest BCUT2D eigenvalue weighted by atomic mass is 32.1. The molecule has 0 saturated heterocycles. The summed E-state index contributed by atoms with van der Waals surface area (Å²) in [4.78, 5) is 8.02. The van der Waals surface area contributed by atoms with Gasteiger partial charge in [-0.2, -0.15) is 0 Å². The summed E-state index contributed by atoms with van der Waals surface area (Å²) in [5.41, 5.74) is 2.55. The van der Waals surface area contributed by atoms with E-state index in [1.807, 2.05) is 23.7 Å². The molecule has 0 amide bonds. The van der Waals surface area contributed by atoms with Crippen LogP contribution in [0.2, 0.25) is 0 Å². The smallest absolute Gasteiger partial charge is 0.0604 e. The standard InChI is InChI=1S/C16H21N3S/c1-12(16-4-3-9-20-16)19(2)15-11-17-8-7-13(15)10-18-14-5-6-14/h3-4,7-9,11-12,14,18H,5-6,10H2,1-2H3. The third-order valence-corrected chi connectivity index (χ3v) is 5.00. The predicted molar refractivity (Wildman–Crippen MR) is 85.2 cm³/mol. The zero-order valence-electron chi connectivity index (χ0n) is 12.0. The van der Waals surface area contributed by atoms with E-state index in [4.69, 9.17) is 0 Å². The van der Waals surface area contributed by atoms with E-state index >= 15 is 0 Å². The van der Waals surface area contributed by atoms with Crippen molar-refractivity contribution in [2.75, 3.05) is 11.9 Å². The number of aromatic nitrogens is 1. The van der Waals surface area contributed by atoms with Crippen LogP contribution in [0.1, 0.15) is 36.2 Å². The van der Waals surface area contributed by atoms with Crippen molar-refractivity contribution in [2.24, 2.45) is 0 Å². The molecule has 1 unspecified atom stereocenters. The van der Waals surface area contributed by atoms with Gasteiger partial charge in [-0.15, -0.1) is 11.3 Å². The third-order valence-electron chi connectivity index (χ3n) is 3.96. The van der Waals surface area contributed by atoms with Crippen molar-refractivity contribution >= 4 is 17.0 Å². The molecule has 0 aromatic carbocycles. The summed E-state index contributed by atoms with van der Waals surface area (Å²) in [5.74, 6) is 0. The second-order valence-electron chi connectivity index (χ2n) is 5.46. The molecule has 1 atom stereocenters. The van der Waals surface area contributed by atoms with Crippen LogP contribution in [-0.2, 0) is 6.54 Å². The minimum Gasteiger partial charge on any atom is -0.366 e. The maximum Gasteiger partial charge on any atom is 0.0604 e. The number of hydrogen-bond acceptors (Lipinski definition) is 4. The van der Waals surface area contributed by atoms with Crippen LogP contribution >= 0.6 is 11.3 Å².